The molecule has 2 amide bonds. The first-order valence-electron chi connectivity index (χ1n) is 6.29. The Hall–Kier alpha value is -1.71. The lowest BCUT2D eigenvalue weighted by atomic mass is 9.93. The average Bonchev–Trinajstić information content (AvgIpc) is 2.64. The van der Waals surface area contributed by atoms with Crippen LogP contribution in [0.2, 0.25) is 0 Å². The van der Waals surface area contributed by atoms with Gasteiger partial charge in [0.25, 0.3) is 11.8 Å². The second-order valence-electron chi connectivity index (χ2n) is 4.93. The molecule has 3 rings (SSSR count). The van der Waals surface area contributed by atoms with Crippen LogP contribution in [0.1, 0.15) is 46.4 Å². The highest BCUT2D eigenvalue weighted by molar-refractivity contribution is 6.21. The summed E-state index contributed by atoms with van der Waals surface area (Å²) in [5.41, 5.74) is 0.953. The Morgan fingerprint density at radius 3 is 1.94 bits per heavy atom. The predicted molar refractivity (Wildman–Crippen MR) is 64.1 cm³/mol. The molecule has 0 bridgehead atoms. The maximum atomic E-state index is 13.1. The zero-order valence-corrected chi connectivity index (χ0v) is 9.93. The van der Waals surface area contributed by atoms with Crippen LogP contribution in [0.25, 0.3) is 0 Å². The van der Waals surface area contributed by atoms with Gasteiger partial charge < -0.3 is 0 Å². The molecule has 1 aromatic rings. The minimum atomic E-state index is -0.781. The van der Waals surface area contributed by atoms with E-state index in [1.165, 1.54) is 4.90 Å². The highest BCUT2D eigenvalue weighted by Crippen LogP contribution is 2.31. The number of halogens is 1. The van der Waals surface area contributed by atoms with E-state index in [0.29, 0.717) is 36.8 Å². The van der Waals surface area contributed by atoms with E-state index < -0.39 is 6.17 Å². The molecular weight excluding hydrogens is 233 g/mol. The molecule has 2 aliphatic rings. The van der Waals surface area contributed by atoms with E-state index >= 15 is 0 Å². The third-order valence-corrected chi connectivity index (χ3v) is 3.82. The van der Waals surface area contributed by atoms with Gasteiger partial charge in [-0.25, -0.2) is 4.39 Å². The second kappa shape index (κ2) is 4.19. The number of nitrogens with zero attached hydrogens (tertiary/aromatic N) is 1. The molecule has 1 heterocycles. The molecule has 18 heavy (non-hydrogen) atoms. The summed E-state index contributed by atoms with van der Waals surface area (Å²) in [6.07, 6.45) is 1.26. The Bertz CT molecular complexity index is 471. The van der Waals surface area contributed by atoms with Gasteiger partial charge in [0.15, 0.2) is 0 Å². The van der Waals surface area contributed by atoms with Crippen LogP contribution in [0.3, 0.4) is 0 Å². The van der Waals surface area contributed by atoms with E-state index in [9.17, 15) is 14.0 Å². The third kappa shape index (κ3) is 1.64. The van der Waals surface area contributed by atoms with Crippen molar-refractivity contribution >= 4 is 11.8 Å². The maximum Gasteiger partial charge on any atom is 0.261 e. The first-order valence-corrected chi connectivity index (χ1v) is 6.29. The minimum absolute atomic E-state index is 0.135. The third-order valence-electron chi connectivity index (χ3n) is 3.82. The number of hydrogen-bond acceptors (Lipinski definition) is 2. The molecule has 4 heteroatoms. The summed E-state index contributed by atoms with van der Waals surface area (Å²) in [6, 6.07) is 6.73. The largest absolute Gasteiger partial charge is 0.271 e. The topological polar surface area (TPSA) is 37.4 Å². The van der Waals surface area contributed by atoms with Crippen LogP contribution in [0.5, 0.6) is 0 Å². The van der Waals surface area contributed by atoms with Gasteiger partial charge in [-0.1, -0.05) is 12.1 Å². The summed E-state index contributed by atoms with van der Waals surface area (Å²) in [4.78, 5) is 25.7. The highest BCUT2D eigenvalue weighted by atomic mass is 19.1. The van der Waals surface area contributed by atoms with Gasteiger partial charge in [0.1, 0.15) is 6.17 Å². The van der Waals surface area contributed by atoms with Crippen molar-refractivity contribution in [3.63, 3.8) is 0 Å². The molecule has 0 radical (unpaired) electrons. The molecule has 0 N–H and O–H groups in total. The molecule has 0 aromatic heterocycles. The van der Waals surface area contributed by atoms with E-state index in [1.54, 1.807) is 24.3 Å². The molecule has 0 unspecified atom stereocenters. The van der Waals surface area contributed by atoms with Crippen molar-refractivity contribution in [3.05, 3.63) is 35.4 Å². The Balaban J connectivity index is 1.88. The van der Waals surface area contributed by atoms with Crippen molar-refractivity contribution in [1.82, 2.24) is 4.90 Å². The van der Waals surface area contributed by atoms with Crippen LogP contribution in [-0.4, -0.2) is 28.9 Å². The summed E-state index contributed by atoms with van der Waals surface area (Å²) in [6.45, 7) is 0. The lowest BCUT2D eigenvalue weighted by molar-refractivity contribution is 0.0516. The summed E-state index contributed by atoms with van der Waals surface area (Å²) in [5.74, 6) is -0.448. The van der Waals surface area contributed by atoms with E-state index in [1.807, 2.05) is 0 Å². The van der Waals surface area contributed by atoms with Crippen LogP contribution < -0.4 is 0 Å². The van der Waals surface area contributed by atoms with Crippen molar-refractivity contribution in [1.29, 1.82) is 0 Å². The monoisotopic (exact) mass is 247 g/mol. The van der Waals surface area contributed by atoms with E-state index in [2.05, 4.69) is 0 Å². The molecule has 1 aromatic carbocycles. The smallest absolute Gasteiger partial charge is 0.261 e. The Morgan fingerprint density at radius 1 is 0.944 bits per heavy atom. The van der Waals surface area contributed by atoms with Gasteiger partial charge in [-0.3, -0.25) is 14.5 Å². The number of carbonyl (C=O) groups excluding carboxylic acids is 2. The molecule has 0 atom stereocenters. The number of rotatable bonds is 1. The molecule has 1 aliphatic carbocycles. The van der Waals surface area contributed by atoms with Crippen LogP contribution in [0, 0.1) is 0 Å². The fourth-order valence-corrected chi connectivity index (χ4v) is 2.83. The van der Waals surface area contributed by atoms with E-state index in [0.717, 1.165) is 0 Å². The Labute approximate surface area is 105 Å². The maximum absolute atomic E-state index is 13.1. The molecule has 0 saturated heterocycles. The van der Waals surface area contributed by atoms with Crippen LogP contribution in [0.4, 0.5) is 4.39 Å². The molecule has 3 nitrogen and oxygen atoms in total. The number of imide groups is 1. The molecule has 1 aliphatic heterocycles. The van der Waals surface area contributed by atoms with E-state index in [4.69, 9.17) is 0 Å². The summed E-state index contributed by atoms with van der Waals surface area (Å²) in [5, 5.41) is 0. The minimum Gasteiger partial charge on any atom is -0.271 e. The molecule has 0 spiro atoms. The molecular formula is C14H14FNO2. The number of carbonyl (C=O) groups is 2. The van der Waals surface area contributed by atoms with Gasteiger partial charge in [0.2, 0.25) is 0 Å². The molecule has 1 fully saturated rings. The SMILES string of the molecule is O=C1c2ccccc2C(=O)N1C1CCC(F)CC1. The number of hydrogen-bond donors (Lipinski definition) is 0. The highest BCUT2D eigenvalue weighted by Gasteiger charge is 2.40. The van der Waals surface area contributed by atoms with Gasteiger partial charge in [-0.2, -0.15) is 0 Å². The van der Waals surface area contributed by atoms with Crippen molar-refractivity contribution in [2.45, 2.75) is 37.9 Å². The number of fused-ring (bicyclic) bond motifs is 1. The zero-order chi connectivity index (χ0) is 12.7. The average molecular weight is 247 g/mol. The summed E-state index contributed by atoms with van der Waals surface area (Å²) in [7, 11) is 0. The summed E-state index contributed by atoms with van der Waals surface area (Å²) < 4.78 is 13.1. The van der Waals surface area contributed by atoms with Crippen molar-refractivity contribution in [3.8, 4) is 0 Å². The van der Waals surface area contributed by atoms with E-state index in [-0.39, 0.29) is 17.9 Å². The first kappa shape index (κ1) is 11.4. The lowest BCUT2D eigenvalue weighted by Gasteiger charge is -2.30. The quantitative estimate of drug-likeness (QED) is 0.715. The normalized spacial score (nSPS) is 27.5. The van der Waals surface area contributed by atoms with Gasteiger partial charge >= 0.3 is 0 Å². The number of benzene rings is 1. The summed E-state index contributed by atoms with van der Waals surface area (Å²) >= 11 is 0. The number of alkyl halides is 1. The first-order chi connectivity index (χ1) is 8.68. The lowest BCUT2D eigenvalue weighted by Crippen LogP contribution is -2.42. The fraction of sp³-hybridized carbons (Fsp3) is 0.429. The van der Waals surface area contributed by atoms with Crippen LogP contribution in [-0.2, 0) is 0 Å². The second-order valence-corrected chi connectivity index (χ2v) is 4.93. The van der Waals surface area contributed by atoms with Crippen molar-refractivity contribution < 1.29 is 14.0 Å². The Kier molecular flexibility index (Phi) is 2.65. The van der Waals surface area contributed by atoms with Crippen molar-refractivity contribution in [2.24, 2.45) is 0 Å². The van der Waals surface area contributed by atoms with Gasteiger partial charge in [-0.05, 0) is 37.8 Å². The van der Waals surface area contributed by atoms with Gasteiger partial charge in [0.05, 0.1) is 11.1 Å². The van der Waals surface area contributed by atoms with Crippen LogP contribution in [0.15, 0.2) is 24.3 Å². The van der Waals surface area contributed by atoms with Crippen LogP contribution >= 0.6 is 0 Å². The van der Waals surface area contributed by atoms with Crippen molar-refractivity contribution in [2.75, 3.05) is 0 Å². The number of amides is 2. The standard InChI is InChI=1S/C14H14FNO2/c15-9-5-7-10(8-6-9)16-13(17)11-3-1-2-4-12(11)14(16)18/h1-4,9-10H,5-8H2. The van der Waals surface area contributed by atoms with Gasteiger partial charge in [0, 0.05) is 6.04 Å². The predicted octanol–water partition coefficient (Wildman–Crippen LogP) is 2.56. The molecule has 94 valence electrons. The Morgan fingerprint density at radius 2 is 1.44 bits per heavy atom. The zero-order valence-electron chi connectivity index (χ0n) is 9.93. The molecule has 1 saturated carbocycles. The fourth-order valence-electron chi connectivity index (χ4n) is 2.83. The van der Waals surface area contributed by atoms with Gasteiger partial charge in [-0.15, -0.1) is 0 Å².